The van der Waals surface area contributed by atoms with E-state index in [4.69, 9.17) is 6.42 Å². The van der Waals surface area contributed by atoms with Crippen molar-refractivity contribution in [3.05, 3.63) is 79.7 Å². The average molecular weight is 422 g/mol. The summed E-state index contributed by atoms with van der Waals surface area (Å²) < 4.78 is 3.38. The quantitative estimate of drug-likeness (QED) is 0.449. The number of aryl methyl sites for hydroxylation is 2. The van der Waals surface area contributed by atoms with Crippen LogP contribution in [0.3, 0.4) is 0 Å². The number of carbonyl (C=O) groups is 2. The van der Waals surface area contributed by atoms with Crippen LogP contribution in [0, 0.1) is 26.2 Å². The van der Waals surface area contributed by atoms with E-state index in [1.54, 1.807) is 11.3 Å². The summed E-state index contributed by atoms with van der Waals surface area (Å²) in [5.41, 5.74) is 2.40. The molecule has 0 aliphatic carbocycles. The summed E-state index contributed by atoms with van der Waals surface area (Å²) >= 11 is 1.72. The molecule has 0 aliphatic heterocycles. The third-order valence-corrected chi connectivity index (χ3v) is 5.88. The van der Waals surface area contributed by atoms with Crippen LogP contribution in [0.25, 0.3) is 0 Å². The van der Waals surface area contributed by atoms with E-state index in [-0.39, 0.29) is 35.9 Å². The number of thiophene rings is 1. The number of nitrogens with one attached hydrogen (secondary N) is 1. The molecule has 3 heterocycles. The highest BCUT2D eigenvalue weighted by molar-refractivity contribution is 7.09. The number of aromatic nitrogens is 2. The first kappa shape index (κ1) is 21.3. The number of Topliss-reactive ketones (excluding diaryl/α,β-unsaturated/α-hetero) is 1. The van der Waals surface area contributed by atoms with E-state index in [1.165, 1.54) is 27.8 Å². The first-order valence-corrected chi connectivity index (χ1v) is 10.4. The van der Waals surface area contributed by atoms with Gasteiger partial charge < -0.3 is 14.5 Å². The molecule has 0 radical (unpaired) electrons. The topological polar surface area (TPSA) is 73.1 Å². The third kappa shape index (κ3) is 4.78. The Labute approximate surface area is 179 Å². The van der Waals surface area contributed by atoms with Gasteiger partial charge in [-0.15, -0.1) is 17.8 Å². The fourth-order valence-corrected chi connectivity index (χ4v) is 4.07. The minimum atomic E-state index is -0.388. The van der Waals surface area contributed by atoms with E-state index in [0.29, 0.717) is 5.56 Å². The minimum absolute atomic E-state index is 0.0916. The Morgan fingerprint density at radius 3 is 2.73 bits per heavy atom. The van der Waals surface area contributed by atoms with Crippen molar-refractivity contribution in [3.63, 3.8) is 0 Å². The second-order valence-corrected chi connectivity index (χ2v) is 7.99. The monoisotopic (exact) mass is 421 g/mol. The van der Waals surface area contributed by atoms with Crippen molar-refractivity contribution in [1.82, 2.24) is 14.5 Å². The fraction of sp³-hybridized carbons (Fsp3) is 0.261. The Kier molecular flexibility index (Phi) is 6.70. The zero-order valence-electron chi connectivity index (χ0n) is 17.0. The van der Waals surface area contributed by atoms with Crippen LogP contribution in [0.2, 0.25) is 0 Å². The molecular weight excluding hydrogens is 398 g/mol. The highest BCUT2D eigenvalue weighted by Gasteiger charge is 2.17. The van der Waals surface area contributed by atoms with Crippen LogP contribution in [0.15, 0.2) is 46.7 Å². The lowest BCUT2D eigenvalue weighted by Gasteiger charge is -2.10. The van der Waals surface area contributed by atoms with Crippen molar-refractivity contribution >= 4 is 23.0 Å². The summed E-state index contributed by atoms with van der Waals surface area (Å²) in [7, 11) is 0. The SMILES string of the molecule is C#CCNC(=O)c1ccc(=O)n(CC(=O)c2cc(C)n(CCc3cccs3)c2C)c1. The summed E-state index contributed by atoms with van der Waals surface area (Å²) in [4.78, 5) is 38.5. The molecule has 0 unspecified atom stereocenters. The molecule has 0 aromatic carbocycles. The van der Waals surface area contributed by atoms with Crippen LogP contribution < -0.4 is 10.9 Å². The lowest BCUT2D eigenvalue weighted by Crippen LogP contribution is -2.28. The van der Waals surface area contributed by atoms with E-state index in [1.807, 2.05) is 26.0 Å². The molecule has 3 rings (SSSR count). The molecule has 6 nitrogen and oxygen atoms in total. The van der Waals surface area contributed by atoms with Gasteiger partial charge in [-0.2, -0.15) is 0 Å². The van der Waals surface area contributed by atoms with E-state index in [9.17, 15) is 14.4 Å². The Morgan fingerprint density at radius 1 is 1.23 bits per heavy atom. The van der Waals surface area contributed by atoms with Gasteiger partial charge in [0.2, 0.25) is 0 Å². The van der Waals surface area contributed by atoms with E-state index in [2.05, 4.69) is 27.3 Å². The maximum absolute atomic E-state index is 12.9. The van der Waals surface area contributed by atoms with Crippen molar-refractivity contribution < 1.29 is 9.59 Å². The molecule has 1 amide bonds. The number of ketones is 1. The highest BCUT2D eigenvalue weighted by Crippen LogP contribution is 2.18. The van der Waals surface area contributed by atoms with Crippen LogP contribution >= 0.6 is 11.3 Å². The largest absolute Gasteiger partial charge is 0.348 e. The van der Waals surface area contributed by atoms with Gasteiger partial charge in [-0.3, -0.25) is 14.4 Å². The van der Waals surface area contributed by atoms with E-state index < -0.39 is 0 Å². The predicted octanol–water partition coefficient (Wildman–Crippen LogP) is 2.82. The summed E-state index contributed by atoms with van der Waals surface area (Å²) in [6, 6.07) is 8.70. The van der Waals surface area contributed by atoms with Crippen LogP contribution in [0.4, 0.5) is 0 Å². The molecule has 0 bridgehead atoms. The van der Waals surface area contributed by atoms with E-state index in [0.717, 1.165) is 24.4 Å². The number of hydrogen-bond acceptors (Lipinski definition) is 4. The lowest BCUT2D eigenvalue weighted by atomic mass is 10.1. The lowest BCUT2D eigenvalue weighted by molar-refractivity contribution is 0.0947. The summed E-state index contributed by atoms with van der Waals surface area (Å²) in [5.74, 6) is 1.76. The predicted molar refractivity (Wildman–Crippen MR) is 118 cm³/mol. The van der Waals surface area contributed by atoms with Gasteiger partial charge in [0.15, 0.2) is 5.78 Å². The van der Waals surface area contributed by atoms with Gasteiger partial charge >= 0.3 is 0 Å². The minimum Gasteiger partial charge on any atom is -0.348 e. The normalized spacial score (nSPS) is 10.6. The van der Waals surface area contributed by atoms with Gasteiger partial charge in [0.1, 0.15) is 0 Å². The van der Waals surface area contributed by atoms with Crippen molar-refractivity contribution in [2.75, 3.05) is 6.54 Å². The second-order valence-electron chi connectivity index (χ2n) is 6.96. The van der Waals surface area contributed by atoms with Crippen molar-refractivity contribution in [2.45, 2.75) is 33.4 Å². The molecule has 154 valence electrons. The van der Waals surface area contributed by atoms with Crippen LogP contribution in [-0.4, -0.2) is 27.4 Å². The molecule has 3 aromatic heterocycles. The fourth-order valence-electron chi connectivity index (χ4n) is 3.37. The standard InChI is InChI=1S/C23H23N3O3S/c1-4-10-24-23(29)18-7-8-22(28)25(14-18)15-21(27)20-13-16(2)26(17(20)3)11-9-19-6-5-12-30-19/h1,5-8,12-14H,9-11,15H2,2-3H3,(H,24,29). The Bertz CT molecular complexity index is 1160. The van der Waals surface area contributed by atoms with Crippen molar-refractivity contribution in [1.29, 1.82) is 0 Å². The Balaban J connectivity index is 1.78. The molecule has 30 heavy (non-hydrogen) atoms. The number of hydrogen-bond donors (Lipinski definition) is 1. The van der Waals surface area contributed by atoms with Crippen LogP contribution in [0.1, 0.15) is 37.0 Å². The maximum Gasteiger partial charge on any atom is 0.253 e. The molecule has 0 saturated carbocycles. The number of pyridine rings is 1. The number of terminal acetylenes is 1. The molecule has 0 saturated heterocycles. The van der Waals surface area contributed by atoms with Gasteiger partial charge in [0, 0.05) is 40.6 Å². The molecule has 3 aromatic rings. The van der Waals surface area contributed by atoms with Gasteiger partial charge in [-0.25, -0.2) is 0 Å². The molecule has 7 heteroatoms. The summed E-state index contributed by atoms with van der Waals surface area (Å²) in [5, 5.41) is 4.60. The molecule has 1 N–H and O–H groups in total. The van der Waals surface area contributed by atoms with Gasteiger partial charge in [-0.05, 0) is 43.8 Å². The maximum atomic E-state index is 12.9. The van der Waals surface area contributed by atoms with Crippen LogP contribution in [0.5, 0.6) is 0 Å². The molecule has 0 spiro atoms. The Hall–Kier alpha value is -3.37. The van der Waals surface area contributed by atoms with Crippen LogP contribution in [-0.2, 0) is 19.5 Å². The van der Waals surface area contributed by atoms with Crippen molar-refractivity contribution in [2.24, 2.45) is 0 Å². The van der Waals surface area contributed by atoms with Gasteiger partial charge in [0.05, 0.1) is 18.7 Å². The number of rotatable bonds is 8. The zero-order chi connectivity index (χ0) is 21.7. The molecule has 0 aliphatic rings. The zero-order valence-corrected chi connectivity index (χ0v) is 17.8. The highest BCUT2D eigenvalue weighted by atomic mass is 32.1. The number of nitrogens with zero attached hydrogens (tertiary/aromatic N) is 2. The molecular formula is C23H23N3O3S. The summed E-state index contributed by atoms with van der Waals surface area (Å²) in [6.45, 7) is 4.64. The van der Waals surface area contributed by atoms with Gasteiger partial charge in [0.25, 0.3) is 11.5 Å². The average Bonchev–Trinajstić information content (AvgIpc) is 3.34. The van der Waals surface area contributed by atoms with Gasteiger partial charge in [-0.1, -0.05) is 12.0 Å². The smallest absolute Gasteiger partial charge is 0.253 e. The van der Waals surface area contributed by atoms with E-state index >= 15 is 0 Å². The third-order valence-electron chi connectivity index (χ3n) is 4.95. The number of carbonyl (C=O) groups excluding carboxylic acids is 2. The first-order valence-electron chi connectivity index (χ1n) is 9.55. The first-order chi connectivity index (χ1) is 14.4. The number of amides is 1. The summed E-state index contributed by atoms with van der Waals surface area (Å²) in [6.07, 6.45) is 7.44. The molecule has 0 atom stereocenters. The molecule has 0 fully saturated rings. The Morgan fingerprint density at radius 2 is 2.03 bits per heavy atom. The second kappa shape index (κ2) is 9.42. The van der Waals surface area contributed by atoms with Crippen molar-refractivity contribution in [3.8, 4) is 12.3 Å².